The van der Waals surface area contributed by atoms with Crippen molar-refractivity contribution in [3.8, 4) is 0 Å². The van der Waals surface area contributed by atoms with Crippen LogP contribution < -0.4 is 0 Å². The highest BCUT2D eigenvalue weighted by molar-refractivity contribution is 7.84. The van der Waals surface area contributed by atoms with E-state index in [9.17, 15) is 8.42 Å². The Hall–Kier alpha value is -0.690. The van der Waals surface area contributed by atoms with Gasteiger partial charge in [-0.15, -0.1) is 0 Å². The molecule has 0 bridgehead atoms. The molecule has 0 aliphatic rings. The molecule has 0 radical (unpaired) electrons. The van der Waals surface area contributed by atoms with Gasteiger partial charge >= 0.3 is 10.3 Å². The molecule has 1 N–H and O–H groups in total. The summed E-state index contributed by atoms with van der Waals surface area (Å²) in [5.74, 6) is 0. The second kappa shape index (κ2) is 2.74. The minimum atomic E-state index is -4.30. The van der Waals surface area contributed by atoms with Crippen LogP contribution in [0, 0.1) is 0 Å². The van der Waals surface area contributed by atoms with E-state index in [-0.39, 0.29) is 0 Å². The second-order valence-corrected chi connectivity index (χ2v) is 2.53. The summed E-state index contributed by atoms with van der Waals surface area (Å²) in [5.41, 5.74) is 0. The Morgan fingerprint density at radius 3 is 2.00 bits per heavy atom. The maximum absolute atomic E-state index is 9.80. The van der Waals surface area contributed by atoms with Crippen molar-refractivity contribution in [2.24, 2.45) is 9.74 Å². The monoisotopic (exact) mass is 153 g/mol. The fourth-order valence-electron chi connectivity index (χ4n) is 0.119. The van der Waals surface area contributed by atoms with E-state index in [0.29, 0.717) is 0 Å². The van der Waals surface area contributed by atoms with Gasteiger partial charge in [0.05, 0.1) is 0 Å². The summed E-state index contributed by atoms with van der Waals surface area (Å²) in [7, 11) is -1.34. The van der Waals surface area contributed by atoms with Gasteiger partial charge in [-0.3, -0.25) is 9.56 Å². The molecule has 0 unspecified atom stereocenters. The van der Waals surface area contributed by atoms with Crippen molar-refractivity contribution in [2.45, 2.75) is 0 Å². The Morgan fingerprint density at radius 1 is 1.44 bits per heavy atom. The van der Waals surface area contributed by atoms with Gasteiger partial charge in [-0.05, 0) is 4.52 Å². The van der Waals surface area contributed by atoms with Crippen LogP contribution in [0.25, 0.3) is 0 Å². The van der Waals surface area contributed by atoms with Crippen LogP contribution in [0.2, 0.25) is 0 Å². The van der Waals surface area contributed by atoms with Gasteiger partial charge in [0.2, 0.25) is 0 Å². The average Bonchev–Trinajstić information content (AvgIpc) is 1.59. The molecule has 0 atom stereocenters. The van der Waals surface area contributed by atoms with Gasteiger partial charge in [-0.2, -0.15) is 8.42 Å². The lowest BCUT2D eigenvalue weighted by Crippen LogP contribution is -2.01. The van der Waals surface area contributed by atoms with E-state index in [1.165, 1.54) is 14.1 Å². The molecule has 6 nitrogen and oxygen atoms in total. The molecular formula is C2H7N3O3S. The smallest absolute Gasteiger partial charge is 0.284 e. The quantitative estimate of drug-likeness (QED) is 0.336. The van der Waals surface area contributed by atoms with Gasteiger partial charge in [0, 0.05) is 14.1 Å². The molecule has 0 aromatic heterocycles. The Morgan fingerprint density at radius 2 is 1.89 bits per heavy atom. The van der Waals surface area contributed by atoms with Crippen molar-refractivity contribution in [3.05, 3.63) is 0 Å². The maximum atomic E-state index is 9.80. The first kappa shape index (κ1) is 8.31. The Labute approximate surface area is 53.0 Å². The Balaban J connectivity index is 4.03. The lowest BCUT2D eigenvalue weighted by Gasteiger charge is -1.97. The minimum Gasteiger partial charge on any atom is -0.284 e. The van der Waals surface area contributed by atoms with Crippen molar-refractivity contribution >= 4 is 10.3 Å². The first-order chi connectivity index (χ1) is 3.92. The first-order valence-corrected chi connectivity index (χ1v) is 3.39. The molecule has 0 aliphatic heterocycles. The molecule has 0 heterocycles. The molecule has 0 rings (SSSR count). The number of rotatable bonds is 2. The molecule has 0 saturated carbocycles. The van der Waals surface area contributed by atoms with Crippen LogP contribution in [-0.2, 0) is 10.3 Å². The number of hydrogen-bond acceptors (Lipinski definition) is 3. The molecular weight excluding hydrogens is 146 g/mol. The number of nitrogens with zero attached hydrogens (tertiary/aromatic N) is 3. The summed E-state index contributed by atoms with van der Waals surface area (Å²) in [5, 5.41) is 4.16. The Kier molecular flexibility index (Phi) is 2.53. The van der Waals surface area contributed by atoms with Gasteiger partial charge < -0.3 is 0 Å². The zero-order valence-corrected chi connectivity index (χ0v) is 5.83. The van der Waals surface area contributed by atoms with E-state index in [2.05, 4.69) is 9.74 Å². The van der Waals surface area contributed by atoms with Crippen molar-refractivity contribution in [2.75, 3.05) is 14.1 Å². The highest BCUT2D eigenvalue weighted by Gasteiger charge is 1.96. The third-order valence-electron chi connectivity index (χ3n) is 0.319. The van der Waals surface area contributed by atoms with Crippen molar-refractivity contribution in [1.82, 2.24) is 5.01 Å². The normalized spacial score (nSPS) is 12.3. The number of hydrogen-bond donors (Lipinski definition) is 1. The molecule has 0 spiro atoms. The molecule has 0 fully saturated rings. The van der Waals surface area contributed by atoms with Crippen molar-refractivity contribution < 1.29 is 13.0 Å². The van der Waals surface area contributed by atoms with Gasteiger partial charge in [0.15, 0.2) is 0 Å². The minimum absolute atomic E-state index is 1.15. The summed E-state index contributed by atoms with van der Waals surface area (Å²) in [6, 6.07) is 0. The average molecular weight is 153 g/mol. The molecule has 0 aromatic carbocycles. The van der Waals surface area contributed by atoms with E-state index in [1.54, 1.807) is 0 Å². The molecule has 0 aromatic rings. The van der Waals surface area contributed by atoms with Crippen LogP contribution in [0.4, 0.5) is 0 Å². The lowest BCUT2D eigenvalue weighted by atomic mass is 11.2. The van der Waals surface area contributed by atoms with E-state index < -0.39 is 10.3 Å². The molecule has 0 saturated heterocycles. The highest BCUT2D eigenvalue weighted by Crippen LogP contribution is 1.86. The Bertz CT molecular complexity index is 193. The van der Waals surface area contributed by atoms with Gasteiger partial charge in [-0.25, -0.2) is 0 Å². The topological polar surface area (TPSA) is 82.3 Å². The molecule has 0 amide bonds. The van der Waals surface area contributed by atoms with E-state index in [1.807, 2.05) is 0 Å². The molecule has 7 heteroatoms. The summed E-state index contributed by atoms with van der Waals surface area (Å²) >= 11 is 0. The van der Waals surface area contributed by atoms with Crippen molar-refractivity contribution in [1.29, 1.82) is 0 Å². The summed E-state index contributed by atoms with van der Waals surface area (Å²) in [4.78, 5) is 0. The fourth-order valence-corrected chi connectivity index (χ4v) is 0.358. The summed E-state index contributed by atoms with van der Waals surface area (Å²) < 4.78 is 30.1. The van der Waals surface area contributed by atoms with E-state index in [4.69, 9.17) is 4.55 Å². The predicted octanol–water partition coefficient (Wildman–Crippen LogP) is -0.282. The van der Waals surface area contributed by atoms with Crippen LogP contribution >= 0.6 is 0 Å². The third kappa shape index (κ3) is 7.31. The zero-order valence-electron chi connectivity index (χ0n) is 5.01. The second-order valence-electron chi connectivity index (χ2n) is 1.47. The molecule has 0 aliphatic carbocycles. The van der Waals surface area contributed by atoms with Gasteiger partial charge in [-0.1, -0.05) is 5.22 Å². The SMILES string of the molecule is CN(C)/N=N/S(=O)(=O)O. The standard InChI is InChI=1S/C2H7N3O3S/c1-5(2)3-4-9(6,7)8/h1-2H3,(H,6,7,8)/b4-3+. The van der Waals surface area contributed by atoms with Gasteiger partial charge in [0.1, 0.15) is 0 Å². The third-order valence-corrected chi connectivity index (χ3v) is 0.598. The van der Waals surface area contributed by atoms with E-state index in [0.717, 1.165) is 5.01 Å². The summed E-state index contributed by atoms with van der Waals surface area (Å²) in [6.45, 7) is 0. The maximum Gasteiger partial charge on any atom is 0.397 e. The largest absolute Gasteiger partial charge is 0.397 e. The van der Waals surface area contributed by atoms with E-state index >= 15 is 0 Å². The van der Waals surface area contributed by atoms with Crippen LogP contribution in [-0.4, -0.2) is 32.1 Å². The molecule has 9 heavy (non-hydrogen) atoms. The fraction of sp³-hybridized carbons (Fsp3) is 1.00. The predicted molar refractivity (Wildman–Crippen MR) is 30.1 cm³/mol. The van der Waals surface area contributed by atoms with Gasteiger partial charge in [0.25, 0.3) is 0 Å². The van der Waals surface area contributed by atoms with Crippen LogP contribution in [0.1, 0.15) is 0 Å². The molecule has 54 valence electrons. The van der Waals surface area contributed by atoms with Crippen molar-refractivity contribution in [3.63, 3.8) is 0 Å². The lowest BCUT2D eigenvalue weighted by molar-refractivity contribution is 0.401. The zero-order chi connectivity index (χ0) is 7.49. The van der Waals surface area contributed by atoms with Crippen LogP contribution in [0.15, 0.2) is 9.74 Å². The van der Waals surface area contributed by atoms with Crippen LogP contribution in [0.3, 0.4) is 0 Å². The highest BCUT2D eigenvalue weighted by atomic mass is 32.2. The first-order valence-electron chi connectivity index (χ1n) is 1.99. The summed E-state index contributed by atoms with van der Waals surface area (Å²) in [6.07, 6.45) is 0. The van der Waals surface area contributed by atoms with Crippen LogP contribution in [0.5, 0.6) is 0 Å².